The molecular weight excluding hydrogens is 284 g/mol. The first-order chi connectivity index (χ1) is 10.2. The summed E-state index contributed by atoms with van der Waals surface area (Å²) in [5.74, 6) is 0.730. The van der Waals surface area contributed by atoms with Crippen molar-refractivity contribution in [1.82, 2.24) is 0 Å². The van der Waals surface area contributed by atoms with Crippen molar-refractivity contribution in [2.75, 3.05) is 20.3 Å². The summed E-state index contributed by atoms with van der Waals surface area (Å²) in [7, 11) is 1.00. The first-order valence-electron chi connectivity index (χ1n) is 7.21. The van der Waals surface area contributed by atoms with Crippen LogP contribution in [0.4, 0.5) is 0 Å². The Morgan fingerprint density at radius 3 is 2.09 bits per heavy atom. The minimum atomic E-state index is -0.831. The van der Waals surface area contributed by atoms with E-state index in [0.717, 1.165) is 19.1 Å². The highest BCUT2D eigenvalue weighted by Crippen LogP contribution is 2.18. The Hall–Kier alpha value is -1.43. The Labute approximate surface area is 132 Å². The van der Waals surface area contributed by atoms with Crippen molar-refractivity contribution in [3.63, 3.8) is 0 Å². The molecule has 0 aliphatic heterocycles. The number of carbonyl (C=O) groups excluding carboxylic acids is 1. The molecule has 0 saturated heterocycles. The van der Waals surface area contributed by atoms with Gasteiger partial charge in [-0.05, 0) is 52.0 Å². The van der Waals surface area contributed by atoms with Gasteiger partial charge in [0.1, 0.15) is 12.0 Å². The van der Waals surface area contributed by atoms with Crippen LogP contribution in [0.25, 0.3) is 0 Å². The zero-order valence-corrected chi connectivity index (χ0v) is 14.1. The summed E-state index contributed by atoms with van der Waals surface area (Å²) in [6, 6.07) is 6.99. The van der Waals surface area contributed by atoms with Crippen molar-refractivity contribution >= 4 is 6.29 Å². The van der Waals surface area contributed by atoms with Gasteiger partial charge in [0.2, 0.25) is 0 Å². The minimum Gasteiger partial charge on any atom is -0.493 e. The fraction of sp³-hybridized carbons (Fsp3) is 0.588. The molecule has 5 heteroatoms. The molecule has 126 valence electrons. The van der Waals surface area contributed by atoms with E-state index in [9.17, 15) is 9.90 Å². The van der Waals surface area contributed by atoms with Crippen molar-refractivity contribution in [2.24, 2.45) is 0 Å². The Bertz CT molecular complexity index is 418. The average Bonchev–Trinajstić information content (AvgIpc) is 2.47. The lowest BCUT2D eigenvalue weighted by atomic mass is 10.1. The van der Waals surface area contributed by atoms with E-state index in [4.69, 9.17) is 14.6 Å². The summed E-state index contributed by atoms with van der Waals surface area (Å²) in [5.41, 5.74) is -0.558. The minimum absolute atomic E-state index is 0.286. The van der Waals surface area contributed by atoms with E-state index < -0.39 is 5.60 Å². The maximum absolute atomic E-state index is 10.5. The number of aliphatic hydroxyl groups excluding tert-OH is 1. The predicted octanol–water partition coefficient (Wildman–Crippen LogP) is 2.44. The van der Waals surface area contributed by atoms with Gasteiger partial charge in [-0.25, -0.2) is 0 Å². The Morgan fingerprint density at radius 2 is 1.64 bits per heavy atom. The molecule has 22 heavy (non-hydrogen) atoms. The van der Waals surface area contributed by atoms with Crippen molar-refractivity contribution < 1.29 is 24.5 Å². The lowest BCUT2D eigenvalue weighted by molar-refractivity contribution is -0.0970. The van der Waals surface area contributed by atoms with Crippen molar-refractivity contribution in [2.45, 2.75) is 45.3 Å². The maximum Gasteiger partial charge on any atom is 0.150 e. The van der Waals surface area contributed by atoms with E-state index >= 15 is 0 Å². The largest absolute Gasteiger partial charge is 0.493 e. The van der Waals surface area contributed by atoms with Gasteiger partial charge in [-0.1, -0.05) is 0 Å². The van der Waals surface area contributed by atoms with E-state index in [-0.39, 0.29) is 12.2 Å². The van der Waals surface area contributed by atoms with Gasteiger partial charge in [-0.3, -0.25) is 4.79 Å². The summed E-state index contributed by atoms with van der Waals surface area (Å²) in [6.45, 7) is 8.17. The van der Waals surface area contributed by atoms with Gasteiger partial charge in [0.05, 0.1) is 24.4 Å². The Kier molecular flexibility index (Phi) is 8.94. The van der Waals surface area contributed by atoms with Crippen LogP contribution >= 0.6 is 0 Å². The molecule has 0 aromatic heterocycles. The van der Waals surface area contributed by atoms with Crippen LogP contribution in [0.15, 0.2) is 24.3 Å². The lowest BCUT2D eigenvalue weighted by Gasteiger charge is -2.29. The molecule has 0 spiro atoms. The zero-order chi connectivity index (χ0) is 17.2. The number of benzene rings is 1. The smallest absolute Gasteiger partial charge is 0.150 e. The maximum atomic E-state index is 10.5. The van der Waals surface area contributed by atoms with Crippen LogP contribution in [-0.2, 0) is 4.74 Å². The number of rotatable bonds is 8. The molecule has 0 fully saturated rings. The summed E-state index contributed by atoms with van der Waals surface area (Å²) < 4.78 is 11.3. The molecule has 1 rings (SSSR count). The SMILES string of the molecule is CC(C)(O)COC(C)(C)CCOc1ccc(C=O)cc1.CO. The fourth-order valence-corrected chi connectivity index (χ4v) is 1.50. The van der Waals surface area contributed by atoms with Crippen LogP contribution in [0.3, 0.4) is 0 Å². The predicted molar refractivity (Wildman–Crippen MR) is 86.4 cm³/mol. The van der Waals surface area contributed by atoms with Crippen molar-refractivity contribution in [3.05, 3.63) is 29.8 Å². The molecule has 0 aliphatic carbocycles. The number of carbonyl (C=O) groups is 1. The monoisotopic (exact) mass is 312 g/mol. The Balaban J connectivity index is 0.00000211. The first kappa shape index (κ1) is 20.6. The highest BCUT2D eigenvalue weighted by molar-refractivity contribution is 5.74. The van der Waals surface area contributed by atoms with E-state index in [0.29, 0.717) is 18.6 Å². The normalized spacial score (nSPS) is 11.4. The van der Waals surface area contributed by atoms with Gasteiger partial charge in [-0.2, -0.15) is 0 Å². The van der Waals surface area contributed by atoms with Crippen molar-refractivity contribution in [1.29, 1.82) is 0 Å². The Morgan fingerprint density at radius 1 is 1.09 bits per heavy atom. The standard InChI is InChI=1S/C16H24O4.CH4O/c1-15(2,18)12-20-16(3,4)9-10-19-14-7-5-13(11-17)6-8-14;1-2/h5-8,11,18H,9-10,12H2,1-4H3;2H,1H3. The van der Waals surface area contributed by atoms with Gasteiger partial charge in [0, 0.05) is 19.1 Å². The van der Waals surface area contributed by atoms with Gasteiger partial charge >= 0.3 is 0 Å². The molecular formula is C17H28O5. The first-order valence-corrected chi connectivity index (χ1v) is 7.21. The topological polar surface area (TPSA) is 76.0 Å². The van der Waals surface area contributed by atoms with Crippen LogP contribution < -0.4 is 4.74 Å². The second-order valence-corrected chi connectivity index (χ2v) is 6.15. The van der Waals surface area contributed by atoms with E-state index in [1.54, 1.807) is 38.1 Å². The molecule has 0 atom stereocenters. The molecule has 0 amide bonds. The summed E-state index contributed by atoms with van der Waals surface area (Å²) >= 11 is 0. The molecule has 0 bridgehead atoms. The lowest BCUT2D eigenvalue weighted by Crippen LogP contribution is -2.35. The molecule has 0 aliphatic rings. The summed E-state index contributed by atoms with van der Waals surface area (Å²) in [6.07, 6.45) is 1.51. The number of hydrogen-bond acceptors (Lipinski definition) is 5. The van der Waals surface area contributed by atoms with Crippen molar-refractivity contribution in [3.8, 4) is 5.75 Å². The molecule has 2 N–H and O–H groups in total. The van der Waals surface area contributed by atoms with Crippen LogP contribution in [0.1, 0.15) is 44.5 Å². The second-order valence-electron chi connectivity index (χ2n) is 6.15. The summed E-state index contributed by atoms with van der Waals surface area (Å²) in [5, 5.41) is 16.6. The molecule has 0 saturated carbocycles. The molecule has 1 aromatic carbocycles. The number of aliphatic hydroxyl groups is 2. The van der Waals surface area contributed by atoms with Gasteiger partial charge in [-0.15, -0.1) is 0 Å². The molecule has 0 heterocycles. The third kappa shape index (κ3) is 9.50. The second kappa shape index (κ2) is 9.56. The number of ether oxygens (including phenoxy) is 2. The van der Waals surface area contributed by atoms with Gasteiger partial charge in [0.25, 0.3) is 0 Å². The molecule has 1 aromatic rings. The van der Waals surface area contributed by atoms with E-state index in [2.05, 4.69) is 0 Å². The van der Waals surface area contributed by atoms with Crippen LogP contribution in [0.5, 0.6) is 5.75 Å². The quantitative estimate of drug-likeness (QED) is 0.721. The van der Waals surface area contributed by atoms with E-state index in [1.807, 2.05) is 13.8 Å². The molecule has 5 nitrogen and oxygen atoms in total. The van der Waals surface area contributed by atoms with E-state index in [1.165, 1.54) is 0 Å². The zero-order valence-electron chi connectivity index (χ0n) is 14.1. The summed E-state index contributed by atoms with van der Waals surface area (Å²) in [4.78, 5) is 10.5. The van der Waals surface area contributed by atoms with Crippen LogP contribution in [0, 0.1) is 0 Å². The highest BCUT2D eigenvalue weighted by atomic mass is 16.5. The van der Waals surface area contributed by atoms with Gasteiger partial charge < -0.3 is 19.7 Å². The number of aldehydes is 1. The van der Waals surface area contributed by atoms with Crippen LogP contribution in [-0.4, -0.2) is 48.0 Å². The van der Waals surface area contributed by atoms with Crippen LogP contribution in [0.2, 0.25) is 0 Å². The van der Waals surface area contributed by atoms with Gasteiger partial charge in [0.15, 0.2) is 0 Å². The average molecular weight is 312 g/mol. The third-order valence-electron chi connectivity index (χ3n) is 2.81. The fourth-order valence-electron chi connectivity index (χ4n) is 1.50. The number of hydrogen-bond donors (Lipinski definition) is 2. The third-order valence-corrected chi connectivity index (χ3v) is 2.81. The molecule has 0 radical (unpaired) electrons. The molecule has 0 unspecified atom stereocenters. The highest BCUT2D eigenvalue weighted by Gasteiger charge is 2.23.